The van der Waals surface area contributed by atoms with Crippen LogP contribution in [-0.4, -0.2) is 10.5 Å². The fraction of sp³-hybridized carbons (Fsp3) is 0.0769. The molecule has 0 saturated heterocycles. The summed E-state index contributed by atoms with van der Waals surface area (Å²) >= 11 is 0. The number of hydrogen-bond acceptors (Lipinski definition) is 3. The molecule has 1 amide bonds. The second-order valence-electron chi connectivity index (χ2n) is 7.40. The van der Waals surface area contributed by atoms with E-state index in [1.807, 2.05) is 12.1 Å². The van der Waals surface area contributed by atoms with Gasteiger partial charge in [-0.05, 0) is 54.3 Å². The first kappa shape index (κ1) is 21.1. The third kappa shape index (κ3) is 3.90. The fourth-order valence-electron chi connectivity index (χ4n) is 3.59. The highest BCUT2D eigenvalue weighted by Crippen LogP contribution is 2.39. The summed E-state index contributed by atoms with van der Waals surface area (Å²) in [5.41, 5.74) is 2.33. The lowest BCUT2D eigenvalue weighted by Gasteiger charge is -2.17. The standard InChI is InChI=1S/C26H21FN2O3/c1-4-24(30)28-17-12-13-23(32-25-16(2)8-7-11-22(25)27)20(14-17)21-15-29(3)26(31)19-10-6-5-9-18(19)21/h4-15H,1H2,2-3H3,(H,28,30). The molecular formula is C26H21FN2O3. The Kier molecular flexibility index (Phi) is 5.60. The molecular weight excluding hydrogens is 407 g/mol. The van der Waals surface area contributed by atoms with E-state index in [0.717, 1.165) is 5.39 Å². The minimum Gasteiger partial charge on any atom is -0.453 e. The van der Waals surface area contributed by atoms with Gasteiger partial charge in [-0.15, -0.1) is 0 Å². The number of amides is 1. The summed E-state index contributed by atoms with van der Waals surface area (Å²) in [6.07, 6.45) is 2.88. The molecule has 0 radical (unpaired) electrons. The molecule has 4 aromatic rings. The number of carbonyl (C=O) groups is 1. The van der Waals surface area contributed by atoms with Gasteiger partial charge in [0.25, 0.3) is 5.56 Å². The number of aryl methyl sites for hydroxylation is 2. The molecule has 0 spiro atoms. The minimum atomic E-state index is -0.481. The Morgan fingerprint density at radius 1 is 1.06 bits per heavy atom. The van der Waals surface area contributed by atoms with Gasteiger partial charge in [0, 0.05) is 35.4 Å². The molecule has 160 valence electrons. The lowest BCUT2D eigenvalue weighted by atomic mass is 9.99. The van der Waals surface area contributed by atoms with Crippen LogP contribution in [0, 0.1) is 12.7 Å². The van der Waals surface area contributed by atoms with Crippen molar-refractivity contribution < 1.29 is 13.9 Å². The number of carbonyl (C=O) groups excluding carboxylic acids is 1. The topological polar surface area (TPSA) is 60.3 Å². The van der Waals surface area contributed by atoms with E-state index in [-0.39, 0.29) is 17.2 Å². The molecule has 0 bridgehead atoms. The number of para-hydroxylation sites is 1. The summed E-state index contributed by atoms with van der Waals surface area (Å²) in [6, 6.07) is 17.0. The summed E-state index contributed by atoms with van der Waals surface area (Å²) in [7, 11) is 1.67. The van der Waals surface area contributed by atoms with Crippen LogP contribution in [-0.2, 0) is 11.8 Å². The zero-order valence-corrected chi connectivity index (χ0v) is 17.7. The number of aromatic nitrogens is 1. The van der Waals surface area contributed by atoms with Gasteiger partial charge in [0.2, 0.25) is 5.91 Å². The van der Waals surface area contributed by atoms with Gasteiger partial charge in [0.15, 0.2) is 11.6 Å². The van der Waals surface area contributed by atoms with Gasteiger partial charge < -0.3 is 14.6 Å². The summed E-state index contributed by atoms with van der Waals surface area (Å²) < 4.78 is 22.0. The van der Waals surface area contributed by atoms with Crippen molar-refractivity contribution in [3.05, 3.63) is 101 Å². The third-order valence-corrected chi connectivity index (χ3v) is 5.19. The molecule has 6 heteroatoms. The number of anilines is 1. The van der Waals surface area contributed by atoms with Crippen molar-refractivity contribution >= 4 is 22.4 Å². The number of ether oxygens (including phenoxy) is 1. The van der Waals surface area contributed by atoms with Gasteiger partial charge in [-0.1, -0.05) is 36.9 Å². The van der Waals surface area contributed by atoms with Crippen LogP contribution < -0.4 is 15.6 Å². The van der Waals surface area contributed by atoms with Crippen LogP contribution in [0.15, 0.2) is 84.3 Å². The molecule has 3 aromatic carbocycles. The maximum Gasteiger partial charge on any atom is 0.258 e. The van der Waals surface area contributed by atoms with Crippen LogP contribution in [0.3, 0.4) is 0 Å². The number of fused-ring (bicyclic) bond motifs is 1. The summed E-state index contributed by atoms with van der Waals surface area (Å²) in [5.74, 6) is -0.338. The Morgan fingerprint density at radius 2 is 1.81 bits per heavy atom. The van der Waals surface area contributed by atoms with E-state index >= 15 is 0 Å². The highest BCUT2D eigenvalue weighted by Gasteiger charge is 2.17. The molecule has 4 rings (SSSR count). The first-order chi connectivity index (χ1) is 15.4. The van der Waals surface area contributed by atoms with Crippen LogP contribution >= 0.6 is 0 Å². The molecule has 0 unspecified atom stereocenters. The molecule has 1 aromatic heterocycles. The largest absolute Gasteiger partial charge is 0.453 e. The van der Waals surface area contributed by atoms with Crippen molar-refractivity contribution in [3.8, 4) is 22.6 Å². The van der Waals surface area contributed by atoms with E-state index in [1.165, 1.54) is 16.7 Å². The lowest BCUT2D eigenvalue weighted by molar-refractivity contribution is -0.111. The second-order valence-corrected chi connectivity index (χ2v) is 7.40. The van der Waals surface area contributed by atoms with Crippen molar-refractivity contribution in [2.45, 2.75) is 6.92 Å². The number of benzene rings is 3. The second kappa shape index (κ2) is 8.51. The van der Waals surface area contributed by atoms with Gasteiger partial charge in [-0.2, -0.15) is 0 Å². The van der Waals surface area contributed by atoms with Crippen LogP contribution in [0.1, 0.15) is 5.56 Å². The highest BCUT2D eigenvalue weighted by atomic mass is 19.1. The van der Waals surface area contributed by atoms with E-state index < -0.39 is 5.82 Å². The van der Waals surface area contributed by atoms with E-state index in [9.17, 15) is 14.0 Å². The van der Waals surface area contributed by atoms with E-state index in [1.54, 1.807) is 62.6 Å². The van der Waals surface area contributed by atoms with Crippen molar-refractivity contribution in [3.63, 3.8) is 0 Å². The predicted molar refractivity (Wildman–Crippen MR) is 125 cm³/mol. The predicted octanol–water partition coefficient (Wildman–Crippen LogP) is 5.57. The quantitative estimate of drug-likeness (QED) is 0.423. The number of nitrogens with one attached hydrogen (secondary N) is 1. The first-order valence-corrected chi connectivity index (χ1v) is 9.98. The van der Waals surface area contributed by atoms with Gasteiger partial charge in [-0.25, -0.2) is 4.39 Å². The summed E-state index contributed by atoms with van der Waals surface area (Å²) in [5, 5.41) is 4.00. The molecule has 5 nitrogen and oxygen atoms in total. The zero-order chi connectivity index (χ0) is 22.8. The molecule has 0 aliphatic carbocycles. The van der Waals surface area contributed by atoms with Crippen LogP contribution in [0.25, 0.3) is 21.9 Å². The van der Waals surface area contributed by atoms with Crippen molar-refractivity contribution in [1.82, 2.24) is 4.57 Å². The number of nitrogens with zero attached hydrogens (tertiary/aromatic N) is 1. The smallest absolute Gasteiger partial charge is 0.258 e. The van der Waals surface area contributed by atoms with Gasteiger partial charge in [0.05, 0.1) is 0 Å². The van der Waals surface area contributed by atoms with Gasteiger partial charge in [0.1, 0.15) is 5.75 Å². The van der Waals surface area contributed by atoms with Crippen molar-refractivity contribution in [2.24, 2.45) is 7.05 Å². The summed E-state index contributed by atoms with van der Waals surface area (Å²) in [6.45, 7) is 5.24. The van der Waals surface area contributed by atoms with Gasteiger partial charge >= 0.3 is 0 Å². The normalized spacial score (nSPS) is 10.7. The summed E-state index contributed by atoms with van der Waals surface area (Å²) in [4.78, 5) is 24.5. The van der Waals surface area contributed by atoms with Crippen molar-refractivity contribution in [2.75, 3.05) is 5.32 Å². The minimum absolute atomic E-state index is 0.116. The Hall–Kier alpha value is -4.19. The molecule has 0 fully saturated rings. The average molecular weight is 428 g/mol. The monoisotopic (exact) mass is 428 g/mol. The Morgan fingerprint density at radius 3 is 2.53 bits per heavy atom. The van der Waals surface area contributed by atoms with Crippen LogP contribution in [0.4, 0.5) is 10.1 Å². The van der Waals surface area contributed by atoms with Crippen LogP contribution in [0.2, 0.25) is 0 Å². The van der Waals surface area contributed by atoms with E-state index in [2.05, 4.69) is 11.9 Å². The number of pyridine rings is 1. The molecule has 1 heterocycles. The molecule has 1 N–H and O–H groups in total. The lowest BCUT2D eigenvalue weighted by Crippen LogP contribution is -2.16. The Labute approximate surface area is 184 Å². The number of hydrogen-bond donors (Lipinski definition) is 1. The van der Waals surface area contributed by atoms with E-state index in [4.69, 9.17) is 4.74 Å². The number of halogens is 1. The molecule has 0 atom stereocenters. The first-order valence-electron chi connectivity index (χ1n) is 9.98. The van der Waals surface area contributed by atoms with E-state index in [0.29, 0.717) is 33.5 Å². The highest BCUT2D eigenvalue weighted by molar-refractivity contribution is 6.01. The zero-order valence-electron chi connectivity index (χ0n) is 17.7. The number of rotatable bonds is 5. The fourth-order valence-corrected chi connectivity index (χ4v) is 3.59. The Bertz CT molecular complexity index is 1400. The Balaban J connectivity index is 1.97. The third-order valence-electron chi connectivity index (χ3n) is 5.19. The van der Waals surface area contributed by atoms with Crippen LogP contribution in [0.5, 0.6) is 11.5 Å². The van der Waals surface area contributed by atoms with Crippen molar-refractivity contribution in [1.29, 1.82) is 0 Å². The molecule has 32 heavy (non-hydrogen) atoms. The van der Waals surface area contributed by atoms with Gasteiger partial charge in [-0.3, -0.25) is 9.59 Å². The SMILES string of the molecule is C=CC(=O)Nc1ccc(Oc2c(C)cccc2F)c(-c2cn(C)c(=O)c3ccccc23)c1. The maximum atomic E-state index is 14.5. The molecule has 0 saturated carbocycles. The molecule has 0 aliphatic heterocycles. The molecule has 0 aliphatic rings. The maximum absolute atomic E-state index is 14.5. The average Bonchev–Trinajstić information content (AvgIpc) is 2.79.